The molecule has 18 heavy (non-hydrogen) atoms. The number of nitrogens with zero attached hydrogens (tertiary/aromatic N) is 1. The Balaban J connectivity index is 2.08. The molecule has 1 aromatic carbocycles. The highest BCUT2D eigenvalue weighted by Crippen LogP contribution is 2.41. The molecule has 1 aromatic rings. The molecule has 0 spiro atoms. The molecule has 1 aliphatic rings. The molecule has 100 valence electrons. The van der Waals surface area contributed by atoms with Gasteiger partial charge in [-0.25, -0.2) is 9.24 Å². The smallest absolute Gasteiger partial charge is 0.402 e. The van der Waals surface area contributed by atoms with Crippen LogP contribution >= 0.6 is 7.75 Å². The minimum absolute atomic E-state index is 0.219. The van der Waals surface area contributed by atoms with Crippen molar-refractivity contribution in [2.45, 2.75) is 19.4 Å². The van der Waals surface area contributed by atoms with Gasteiger partial charge in [0, 0.05) is 6.04 Å². The summed E-state index contributed by atoms with van der Waals surface area (Å²) in [5.41, 5.74) is 0.951. The molecule has 0 aliphatic carbocycles. The van der Waals surface area contributed by atoms with Crippen molar-refractivity contribution >= 4 is 7.75 Å². The summed E-state index contributed by atoms with van der Waals surface area (Å²) in [5.74, 6) is 1.38. The highest BCUT2D eigenvalue weighted by atomic mass is 31.2. The standard InChI is InChI=1S/C11H16NO5P/c1-8(12(2)18(13,14)15)5-9-3-4-10-11(6-9)17-7-16-10/h3-4,6,8H,5,7H2,1-2H3,(H2,13,14,15). The topological polar surface area (TPSA) is 79.2 Å². The van der Waals surface area contributed by atoms with E-state index in [-0.39, 0.29) is 12.8 Å². The SMILES string of the molecule is CC(Cc1ccc2c(c1)OCO2)N(C)P(=O)(O)O. The number of rotatable bonds is 4. The van der Waals surface area contributed by atoms with Gasteiger partial charge in [-0.05, 0) is 38.1 Å². The molecule has 6 nitrogen and oxygen atoms in total. The monoisotopic (exact) mass is 273 g/mol. The normalized spacial score (nSPS) is 16.1. The Morgan fingerprint density at radius 3 is 2.72 bits per heavy atom. The molecule has 0 saturated heterocycles. The summed E-state index contributed by atoms with van der Waals surface area (Å²) in [6.07, 6.45) is 0.526. The minimum Gasteiger partial charge on any atom is -0.454 e. The number of benzene rings is 1. The van der Waals surface area contributed by atoms with E-state index in [2.05, 4.69) is 0 Å². The maximum Gasteiger partial charge on any atom is 0.402 e. The van der Waals surface area contributed by atoms with Gasteiger partial charge in [0.2, 0.25) is 6.79 Å². The van der Waals surface area contributed by atoms with Crippen LogP contribution in [0, 0.1) is 0 Å². The molecule has 0 saturated carbocycles. The Hall–Kier alpha value is -1.07. The van der Waals surface area contributed by atoms with Gasteiger partial charge in [-0.1, -0.05) is 6.07 Å². The molecule has 2 N–H and O–H groups in total. The number of fused-ring (bicyclic) bond motifs is 1. The van der Waals surface area contributed by atoms with Crippen LogP contribution in [0.15, 0.2) is 18.2 Å². The third-order valence-electron chi connectivity index (χ3n) is 3.02. The molecule has 1 heterocycles. The molecule has 7 heteroatoms. The molecule has 1 aliphatic heterocycles. The summed E-state index contributed by atoms with van der Waals surface area (Å²) < 4.78 is 22.7. The average Bonchev–Trinajstić information content (AvgIpc) is 2.73. The van der Waals surface area contributed by atoms with E-state index in [9.17, 15) is 4.57 Å². The zero-order valence-electron chi connectivity index (χ0n) is 10.2. The Bertz CT molecular complexity index is 486. The highest BCUT2D eigenvalue weighted by molar-refractivity contribution is 7.49. The number of ether oxygens (including phenoxy) is 2. The van der Waals surface area contributed by atoms with Gasteiger partial charge in [-0.2, -0.15) is 0 Å². The van der Waals surface area contributed by atoms with Crippen LogP contribution in [0.1, 0.15) is 12.5 Å². The van der Waals surface area contributed by atoms with Crippen LogP contribution in [-0.2, 0) is 11.0 Å². The summed E-state index contributed by atoms with van der Waals surface area (Å²) in [5, 5.41) is 0. The lowest BCUT2D eigenvalue weighted by atomic mass is 10.1. The summed E-state index contributed by atoms with van der Waals surface area (Å²) in [6.45, 7) is 1.99. The van der Waals surface area contributed by atoms with Gasteiger partial charge in [0.05, 0.1) is 0 Å². The first-order valence-electron chi connectivity index (χ1n) is 5.55. The Kier molecular flexibility index (Phi) is 3.64. The summed E-state index contributed by atoms with van der Waals surface area (Å²) in [6, 6.07) is 5.25. The molecule has 1 atom stereocenters. The van der Waals surface area contributed by atoms with E-state index in [0.717, 1.165) is 10.2 Å². The van der Waals surface area contributed by atoms with Gasteiger partial charge >= 0.3 is 7.75 Å². The molecule has 1 unspecified atom stereocenters. The Morgan fingerprint density at radius 2 is 2.06 bits per heavy atom. The summed E-state index contributed by atoms with van der Waals surface area (Å²) in [4.78, 5) is 18.2. The van der Waals surface area contributed by atoms with Crippen molar-refractivity contribution in [2.75, 3.05) is 13.8 Å². The van der Waals surface area contributed by atoms with Gasteiger partial charge in [-0.15, -0.1) is 0 Å². The fourth-order valence-electron chi connectivity index (χ4n) is 1.80. The third kappa shape index (κ3) is 2.84. The first-order valence-corrected chi connectivity index (χ1v) is 7.12. The van der Waals surface area contributed by atoms with Crippen molar-refractivity contribution in [3.05, 3.63) is 23.8 Å². The predicted octanol–water partition coefficient (Wildman–Crippen LogP) is 1.37. The maximum absolute atomic E-state index is 11.1. The van der Waals surface area contributed by atoms with Crippen molar-refractivity contribution in [3.63, 3.8) is 0 Å². The van der Waals surface area contributed by atoms with Crippen molar-refractivity contribution in [1.82, 2.24) is 4.67 Å². The van der Waals surface area contributed by atoms with E-state index >= 15 is 0 Å². The second-order valence-electron chi connectivity index (χ2n) is 4.33. The van der Waals surface area contributed by atoms with Crippen molar-refractivity contribution < 1.29 is 23.8 Å². The first kappa shape index (κ1) is 13.4. The molecule has 0 bridgehead atoms. The van der Waals surface area contributed by atoms with E-state index < -0.39 is 7.75 Å². The Labute approximate surface area is 105 Å². The summed E-state index contributed by atoms with van der Waals surface area (Å²) >= 11 is 0. The van der Waals surface area contributed by atoms with E-state index in [1.165, 1.54) is 7.05 Å². The van der Waals surface area contributed by atoms with Crippen LogP contribution in [0.2, 0.25) is 0 Å². The van der Waals surface area contributed by atoms with Crippen LogP contribution in [0.25, 0.3) is 0 Å². The molecule has 0 aromatic heterocycles. The van der Waals surface area contributed by atoms with Crippen molar-refractivity contribution in [1.29, 1.82) is 0 Å². The number of likely N-dealkylation sites (N-methyl/N-ethyl adjacent to an activating group) is 1. The van der Waals surface area contributed by atoms with Crippen LogP contribution in [0.3, 0.4) is 0 Å². The molecular weight excluding hydrogens is 257 g/mol. The van der Waals surface area contributed by atoms with Crippen molar-refractivity contribution in [3.8, 4) is 11.5 Å². The van der Waals surface area contributed by atoms with E-state index in [0.29, 0.717) is 17.9 Å². The minimum atomic E-state index is -4.19. The lowest BCUT2D eigenvalue weighted by Crippen LogP contribution is -2.27. The zero-order chi connectivity index (χ0) is 13.3. The van der Waals surface area contributed by atoms with E-state index in [1.807, 2.05) is 18.2 Å². The van der Waals surface area contributed by atoms with Crippen LogP contribution in [0.5, 0.6) is 11.5 Å². The lowest BCUT2D eigenvalue weighted by Gasteiger charge is -2.25. The second kappa shape index (κ2) is 4.90. The molecule has 0 amide bonds. The van der Waals surface area contributed by atoms with Crippen molar-refractivity contribution in [2.24, 2.45) is 0 Å². The second-order valence-corrected chi connectivity index (χ2v) is 5.99. The quantitative estimate of drug-likeness (QED) is 0.807. The average molecular weight is 273 g/mol. The number of hydrogen-bond donors (Lipinski definition) is 2. The van der Waals surface area contributed by atoms with Gasteiger partial charge in [-0.3, -0.25) is 0 Å². The first-order chi connectivity index (χ1) is 8.38. The molecule has 0 radical (unpaired) electrons. The van der Waals surface area contributed by atoms with Gasteiger partial charge in [0.15, 0.2) is 11.5 Å². The van der Waals surface area contributed by atoms with Crippen LogP contribution < -0.4 is 9.47 Å². The van der Waals surface area contributed by atoms with Gasteiger partial charge in [0.1, 0.15) is 0 Å². The fourth-order valence-corrected chi connectivity index (χ4v) is 2.39. The van der Waals surface area contributed by atoms with Crippen LogP contribution in [0.4, 0.5) is 0 Å². The van der Waals surface area contributed by atoms with E-state index in [4.69, 9.17) is 19.3 Å². The molecular formula is C11H16NO5P. The Morgan fingerprint density at radius 1 is 1.39 bits per heavy atom. The van der Waals surface area contributed by atoms with Gasteiger partial charge < -0.3 is 19.3 Å². The number of hydrogen-bond acceptors (Lipinski definition) is 3. The maximum atomic E-state index is 11.1. The van der Waals surface area contributed by atoms with E-state index in [1.54, 1.807) is 6.92 Å². The summed E-state index contributed by atoms with van der Waals surface area (Å²) in [7, 11) is -2.77. The lowest BCUT2D eigenvalue weighted by molar-refractivity contribution is 0.174. The van der Waals surface area contributed by atoms with Crippen LogP contribution in [-0.4, -0.2) is 34.3 Å². The highest BCUT2D eigenvalue weighted by Gasteiger charge is 2.26. The predicted molar refractivity (Wildman–Crippen MR) is 65.5 cm³/mol. The third-order valence-corrected chi connectivity index (χ3v) is 4.23. The van der Waals surface area contributed by atoms with Gasteiger partial charge in [0.25, 0.3) is 0 Å². The largest absolute Gasteiger partial charge is 0.454 e. The zero-order valence-corrected chi connectivity index (χ0v) is 11.1. The molecule has 0 fully saturated rings. The molecule has 2 rings (SSSR count). The fraction of sp³-hybridized carbons (Fsp3) is 0.455.